The number of carbonyl (C=O) groups excluding carboxylic acids is 2. The molecule has 1 fully saturated rings. The van der Waals surface area contributed by atoms with Gasteiger partial charge in [-0.3, -0.25) is 4.79 Å². The van der Waals surface area contributed by atoms with Crippen LogP contribution < -0.4 is 10.1 Å². The van der Waals surface area contributed by atoms with Gasteiger partial charge in [-0.1, -0.05) is 29.3 Å². The number of hydrogen-bond donors (Lipinski definition) is 1. The van der Waals surface area contributed by atoms with Crippen molar-refractivity contribution in [2.75, 3.05) is 6.61 Å². The summed E-state index contributed by atoms with van der Waals surface area (Å²) < 4.78 is 11.1. The second-order valence-corrected chi connectivity index (χ2v) is 9.21. The Balaban J connectivity index is 1.81. The van der Waals surface area contributed by atoms with Crippen molar-refractivity contribution in [1.29, 1.82) is 0 Å². The SMILES string of the molecule is CC(C)(C)OC(=O)NC(C(=O)c1ccc(OCC2CC2)cc1)c1ccc(Cl)c(Cl)c1. The molecule has 1 unspecified atom stereocenters. The van der Waals surface area contributed by atoms with E-state index in [-0.39, 0.29) is 5.78 Å². The van der Waals surface area contributed by atoms with Crippen LogP contribution >= 0.6 is 23.2 Å². The summed E-state index contributed by atoms with van der Waals surface area (Å²) >= 11 is 12.1. The Kier molecular flexibility index (Phi) is 6.94. The molecule has 0 bridgehead atoms. The van der Waals surface area contributed by atoms with Gasteiger partial charge in [0.15, 0.2) is 5.78 Å². The summed E-state index contributed by atoms with van der Waals surface area (Å²) in [4.78, 5) is 25.6. The molecule has 1 amide bonds. The number of benzene rings is 2. The van der Waals surface area contributed by atoms with Gasteiger partial charge in [0.05, 0.1) is 16.7 Å². The monoisotopic (exact) mass is 449 g/mol. The van der Waals surface area contributed by atoms with Crippen LogP contribution in [0, 0.1) is 5.92 Å². The van der Waals surface area contributed by atoms with Crippen LogP contribution in [0.3, 0.4) is 0 Å². The summed E-state index contributed by atoms with van der Waals surface area (Å²) in [6.07, 6.45) is 1.72. The maximum Gasteiger partial charge on any atom is 0.408 e. The first-order chi connectivity index (χ1) is 14.1. The number of carbonyl (C=O) groups is 2. The number of hydrogen-bond acceptors (Lipinski definition) is 4. The van der Waals surface area contributed by atoms with E-state index < -0.39 is 17.7 Å². The third-order valence-electron chi connectivity index (χ3n) is 4.52. The summed E-state index contributed by atoms with van der Waals surface area (Å²) in [6, 6.07) is 10.7. The second kappa shape index (κ2) is 9.27. The molecular weight excluding hydrogens is 425 g/mol. The number of rotatable bonds is 7. The molecule has 0 radical (unpaired) electrons. The highest BCUT2D eigenvalue weighted by atomic mass is 35.5. The molecule has 3 rings (SSSR count). The maximum absolute atomic E-state index is 13.2. The number of alkyl carbamates (subject to hydrolysis) is 1. The average Bonchev–Trinajstić information content (AvgIpc) is 3.50. The second-order valence-electron chi connectivity index (χ2n) is 8.40. The Morgan fingerprint density at radius 3 is 2.30 bits per heavy atom. The van der Waals surface area contributed by atoms with E-state index >= 15 is 0 Å². The lowest BCUT2D eigenvalue weighted by molar-refractivity contribution is 0.0490. The van der Waals surface area contributed by atoms with Crippen molar-refractivity contribution in [2.45, 2.75) is 45.3 Å². The molecule has 0 aliphatic heterocycles. The van der Waals surface area contributed by atoms with E-state index in [0.29, 0.717) is 39.4 Å². The largest absolute Gasteiger partial charge is 0.493 e. The van der Waals surface area contributed by atoms with Crippen molar-refractivity contribution in [2.24, 2.45) is 5.92 Å². The normalized spacial score (nSPS) is 14.7. The predicted molar refractivity (Wildman–Crippen MR) is 118 cm³/mol. The summed E-state index contributed by atoms with van der Waals surface area (Å²) in [6.45, 7) is 5.95. The van der Waals surface area contributed by atoms with Gasteiger partial charge in [0, 0.05) is 5.56 Å². The van der Waals surface area contributed by atoms with Crippen molar-refractivity contribution in [3.63, 3.8) is 0 Å². The molecule has 1 aliphatic rings. The Bertz CT molecular complexity index is 918. The minimum atomic E-state index is -0.979. The van der Waals surface area contributed by atoms with Crippen LogP contribution in [0.2, 0.25) is 10.0 Å². The lowest BCUT2D eigenvalue weighted by Crippen LogP contribution is -2.38. The van der Waals surface area contributed by atoms with Crippen molar-refractivity contribution < 1.29 is 19.1 Å². The van der Waals surface area contributed by atoms with Crippen molar-refractivity contribution in [1.82, 2.24) is 5.32 Å². The highest BCUT2D eigenvalue weighted by Gasteiger charge is 2.27. The maximum atomic E-state index is 13.2. The Labute approximate surface area is 186 Å². The standard InChI is InChI=1S/C23H25Cl2NO4/c1-23(2,3)30-22(28)26-20(16-8-11-18(24)19(25)12-16)21(27)15-6-9-17(10-7-15)29-13-14-4-5-14/h6-12,14,20H,4-5,13H2,1-3H3,(H,26,28). The molecule has 160 valence electrons. The van der Waals surface area contributed by atoms with Crippen LogP contribution in [0.1, 0.15) is 55.6 Å². The highest BCUT2D eigenvalue weighted by Crippen LogP contribution is 2.30. The zero-order valence-corrected chi connectivity index (χ0v) is 18.7. The molecule has 0 heterocycles. The number of nitrogens with one attached hydrogen (secondary N) is 1. The minimum Gasteiger partial charge on any atom is -0.493 e. The molecule has 0 aromatic heterocycles. The number of halogens is 2. The van der Waals surface area contributed by atoms with Crippen molar-refractivity contribution >= 4 is 35.1 Å². The number of ether oxygens (including phenoxy) is 2. The first-order valence-electron chi connectivity index (χ1n) is 9.84. The predicted octanol–water partition coefficient (Wildman–Crippen LogP) is 6.23. The smallest absolute Gasteiger partial charge is 0.408 e. The van der Waals surface area contributed by atoms with Gasteiger partial charge in [0.1, 0.15) is 17.4 Å². The van der Waals surface area contributed by atoms with E-state index in [9.17, 15) is 9.59 Å². The fraction of sp³-hybridized carbons (Fsp3) is 0.391. The lowest BCUT2D eigenvalue weighted by Gasteiger charge is -2.23. The fourth-order valence-corrected chi connectivity index (χ4v) is 3.10. The molecule has 2 aromatic rings. The molecule has 2 aromatic carbocycles. The Hall–Kier alpha value is -2.24. The number of amides is 1. The van der Waals surface area contributed by atoms with E-state index in [1.807, 2.05) is 0 Å². The van der Waals surface area contributed by atoms with Gasteiger partial charge in [-0.25, -0.2) is 4.79 Å². The third-order valence-corrected chi connectivity index (χ3v) is 5.26. The highest BCUT2D eigenvalue weighted by molar-refractivity contribution is 6.42. The molecule has 0 saturated heterocycles. The molecule has 0 spiro atoms. The molecule has 7 heteroatoms. The van der Waals surface area contributed by atoms with Gasteiger partial charge in [-0.05, 0) is 81.5 Å². The summed E-state index contributed by atoms with van der Waals surface area (Å²) in [5.41, 5.74) is 0.241. The lowest BCUT2D eigenvalue weighted by atomic mass is 9.97. The third kappa shape index (κ3) is 6.38. The van der Waals surface area contributed by atoms with Gasteiger partial charge in [0.25, 0.3) is 0 Å². The minimum absolute atomic E-state index is 0.293. The first kappa shape index (κ1) is 22.4. The van der Waals surface area contributed by atoms with Crippen LogP contribution in [-0.2, 0) is 4.74 Å². The van der Waals surface area contributed by atoms with E-state index in [4.69, 9.17) is 32.7 Å². The molecule has 1 aliphatic carbocycles. The van der Waals surface area contributed by atoms with Crippen LogP contribution in [0.15, 0.2) is 42.5 Å². The van der Waals surface area contributed by atoms with Crippen LogP contribution in [0.5, 0.6) is 5.75 Å². The molecular formula is C23H25Cl2NO4. The van der Waals surface area contributed by atoms with E-state index in [2.05, 4.69) is 5.32 Å². The van der Waals surface area contributed by atoms with E-state index in [1.54, 1.807) is 63.2 Å². The molecule has 1 saturated carbocycles. The van der Waals surface area contributed by atoms with Gasteiger partial charge in [-0.2, -0.15) is 0 Å². The fourth-order valence-electron chi connectivity index (χ4n) is 2.80. The van der Waals surface area contributed by atoms with Gasteiger partial charge in [0.2, 0.25) is 0 Å². The zero-order valence-electron chi connectivity index (χ0n) is 17.2. The van der Waals surface area contributed by atoms with Crippen LogP contribution in [-0.4, -0.2) is 24.1 Å². The van der Waals surface area contributed by atoms with Crippen molar-refractivity contribution in [3.05, 3.63) is 63.6 Å². The zero-order chi connectivity index (χ0) is 21.9. The van der Waals surface area contributed by atoms with Gasteiger partial charge in [-0.15, -0.1) is 0 Å². The molecule has 1 atom stereocenters. The average molecular weight is 450 g/mol. The Morgan fingerprint density at radius 2 is 1.73 bits per heavy atom. The number of Topliss-reactive ketones (excluding diaryl/α,β-unsaturated/α-hetero) is 1. The topological polar surface area (TPSA) is 64.6 Å². The van der Waals surface area contributed by atoms with Gasteiger partial charge < -0.3 is 14.8 Å². The summed E-state index contributed by atoms with van der Waals surface area (Å²) in [5, 5.41) is 3.31. The van der Waals surface area contributed by atoms with Gasteiger partial charge >= 0.3 is 6.09 Å². The molecule has 30 heavy (non-hydrogen) atoms. The van der Waals surface area contributed by atoms with E-state index in [0.717, 1.165) is 0 Å². The molecule has 1 N–H and O–H groups in total. The number of ketones is 1. The molecule has 5 nitrogen and oxygen atoms in total. The quantitative estimate of drug-likeness (QED) is 0.508. The van der Waals surface area contributed by atoms with Crippen LogP contribution in [0.25, 0.3) is 0 Å². The van der Waals surface area contributed by atoms with E-state index in [1.165, 1.54) is 12.8 Å². The first-order valence-corrected chi connectivity index (χ1v) is 10.6. The summed E-state index contributed by atoms with van der Waals surface area (Å²) in [5.74, 6) is 1.06. The Morgan fingerprint density at radius 1 is 1.07 bits per heavy atom. The van der Waals surface area contributed by atoms with Crippen LogP contribution in [0.4, 0.5) is 4.79 Å². The summed E-state index contributed by atoms with van der Waals surface area (Å²) in [7, 11) is 0. The van der Waals surface area contributed by atoms with Crippen molar-refractivity contribution in [3.8, 4) is 5.75 Å².